The molecule has 1 unspecified atom stereocenters. The number of hydrogen-bond acceptors (Lipinski definition) is 10. The van der Waals surface area contributed by atoms with Crippen LogP contribution in [0.15, 0.2) is 12.2 Å². The van der Waals surface area contributed by atoms with Gasteiger partial charge < -0.3 is 50.5 Å². The van der Waals surface area contributed by atoms with Crippen LogP contribution in [0.3, 0.4) is 0 Å². The lowest BCUT2D eigenvalue weighted by Crippen LogP contribution is -2.60. The first-order chi connectivity index (χ1) is 25.0. The van der Waals surface area contributed by atoms with Crippen LogP contribution in [-0.4, -0.2) is 109 Å². The molecule has 0 radical (unpaired) electrons. The fourth-order valence-electron chi connectivity index (χ4n) is 6.78. The fraction of sp³-hybridized carbons (Fsp3) is 0.927. The Morgan fingerprint density at radius 2 is 1.25 bits per heavy atom. The van der Waals surface area contributed by atoms with Gasteiger partial charge in [-0.05, 0) is 39.0 Å². The second kappa shape index (κ2) is 30.1. The number of allylic oxidation sites excluding steroid dienone is 1. The third-order valence-electron chi connectivity index (χ3n) is 10.4. The first-order valence-corrected chi connectivity index (χ1v) is 20.9. The number of aliphatic hydroxyl groups is 7. The predicted molar refractivity (Wildman–Crippen MR) is 206 cm³/mol. The lowest BCUT2D eigenvalue weighted by molar-refractivity contribution is -0.302. The minimum Gasteiger partial charge on any atom is -0.394 e. The van der Waals surface area contributed by atoms with E-state index in [1.807, 2.05) is 6.92 Å². The number of unbranched alkanes of at least 4 members (excludes halogenated alkanes) is 18. The van der Waals surface area contributed by atoms with Crippen LogP contribution < -0.4 is 5.32 Å². The first kappa shape index (κ1) is 48.9. The lowest BCUT2D eigenvalue weighted by atomic mass is 9.92. The van der Waals surface area contributed by atoms with Crippen molar-refractivity contribution in [2.45, 2.75) is 229 Å². The van der Waals surface area contributed by atoms with Gasteiger partial charge in [0.1, 0.15) is 30.5 Å². The molecule has 1 fully saturated rings. The van der Waals surface area contributed by atoms with E-state index in [0.29, 0.717) is 25.7 Å². The molecule has 11 heteroatoms. The van der Waals surface area contributed by atoms with Crippen LogP contribution in [0.2, 0.25) is 0 Å². The number of aliphatic hydroxyl groups excluding tert-OH is 6. The van der Waals surface area contributed by atoms with Crippen molar-refractivity contribution in [3.63, 3.8) is 0 Å². The maximum atomic E-state index is 13.0. The summed E-state index contributed by atoms with van der Waals surface area (Å²) in [6.45, 7) is 5.34. The molecule has 8 N–H and O–H groups in total. The molecule has 52 heavy (non-hydrogen) atoms. The smallest absolute Gasteiger partial charge is 0.249 e. The number of ether oxygens (including phenoxy) is 2. The Morgan fingerprint density at radius 3 is 1.79 bits per heavy atom. The van der Waals surface area contributed by atoms with Crippen LogP contribution in [0.4, 0.5) is 0 Å². The summed E-state index contributed by atoms with van der Waals surface area (Å²) in [5.74, 6) is -0.653. The molecule has 0 aliphatic carbocycles. The molecule has 0 spiro atoms. The fourth-order valence-corrected chi connectivity index (χ4v) is 6.78. The molecule has 0 aromatic carbocycles. The quantitative estimate of drug-likeness (QED) is 0.0305. The number of nitrogens with one attached hydrogen (secondary N) is 1. The normalized spacial score (nSPS) is 23.8. The topological polar surface area (TPSA) is 189 Å². The predicted octanol–water partition coefficient (Wildman–Crippen LogP) is 5.72. The maximum absolute atomic E-state index is 13.0. The standard InChI is InChI=1S/C41H79NO10/c1-4-6-8-10-12-13-14-15-16-17-19-22-27-34(45)39(49)42-32(31-51-40-38(48)37(47)36(46)35(30-43)52-40)33(44)26-23-21-25-29-41(3,50)28-24-20-18-11-9-7-5-2/h23,26,32-38,40,43-48,50H,4-22,24-25,27-31H2,1-3H3,(H,42,49)/b26-23+/t32-,33+,34+,35+,36+,37-,38+,40+,41?/m0/s1. The summed E-state index contributed by atoms with van der Waals surface area (Å²) in [4.78, 5) is 13.0. The van der Waals surface area contributed by atoms with E-state index in [2.05, 4.69) is 19.2 Å². The van der Waals surface area contributed by atoms with Gasteiger partial charge in [-0.15, -0.1) is 0 Å². The summed E-state index contributed by atoms with van der Waals surface area (Å²) in [5, 5.41) is 75.3. The highest BCUT2D eigenvalue weighted by Gasteiger charge is 2.44. The number of hydrogen-bond donors (Lipinski definition) is 8. The molecule has 1 aliphatic rings. The van der Waals surface area contributed by atoms with Crippen molar-refractivity contribution in [2.75, 3.05) is 13.2 Å². The van der Waals surface area contributed by atoms with Crippen LogP contribution >= 0.6 is 0 Å². The Kier molecular flexibility index (Phi) is 28.3. The maximum Gasteiger partial charge on any atom is 0.249 e. The molecular weight excluding hydrogens is 666 g/mol. The molecule has 1 amide bonds. The van der Waals surface area contributed by atoms with Crippen LogP contribution in [0, 0.1) is 0 Å². The molecule has 308 valence electrons. The van der Waals surface area contributed by atoms with Crippen molar-refractivity contribution < 1.29 is 50.0 Å². The number of amides is 1. The van der Waals surface area contributed by atoms with Gasteiger partial charge in [-0.3, -0.25) is 4.79 Å². The monoisotopic (exact) mass is 746 g/mol. The van der Waals surface area contributed by atoms with E-state index in [4.69, 9.17) is 9.47 Å². The van der Waals surface area contributed by atoms with Crippen LogP contribution in [-0.2, 0) is 14.3 Å². The van der Waals surface area contributed by atoms with Crippen molar-refractivity contribution in [1.29, 1.82) is 0 Å². The Balaban J connectivity index is 2.60. The Bertz CT molecular complexity index is 888. The van der Waals surface area contributed by atoms with Gasteiger partial charge in [0.25, 0.3) is 0 Å². The van der Waals surface area contributed by atoms with Gasteiger partial charge in [0.2, 0.25) is 5.91 Å². The highest BCUT2D eigenvalue weighted by molar-refractivity contribution is 5.80. The second-order valence-electron chi connectivity index (χ2n) is 15.5. The lowest BCUT2D eigenvalue weighted by Gasteiger charge is -2.40. The van der Waals surface area contributed by atoms with Crippen molar-refractivity contribution in [3.8, 4) is 0 Å². The average molecular weight is 746 g/mol. The van der Waals surface area contributed by atoms with E-state index >= 15 is 0 Å². The molecule has 11 nitrogen and oxygen atoms in total. The van der Waals surface area contributed by atoms with E-state index in [-0.39, 0.29) is 13.0 Å². The largest absolute Gasteiger partial charge is 0.394 e. The zero-order valence-electron chi connectivity index (χ0n) is 33.0. The summed E-state index contributed by atoms with van der Waals surface area (Å²) in [6, 6.07) is -1.03. The SMILES string of the molecule is CCCCCCCCCCCCCC[C@@H](O)C(=O)N[C@@H](CO[C@@H]1O[C@H](CO)[C@@H](O)[C@H](O)[C@H]1O)[C@H](O)/C=C/CCCC(C)(O)CCCCCCCCC. The summed E-state index contributed by atoms with van der Waals surface area (Å²) >= 11 is 0. The van der Waals surface area contributed by atoms with Gasteiger partial charge in [-0.1, -0.05) is 148 Å². The summed E-state index contributed by atoms with van der Waals surface area (Å²) in [7, 11) is 0. The van der Waals surface area contributed by atoms with Crippen molar-refractivity contribution in [1.82, 2.24) is 5.32 Å². The van der Waals surface area contributed by atoms with Gasteiger partial charge in [0.15, 0.2) is 6.29 Å². The van der Waals surface area contributed by atoms with E-state index in [1.54, 1.807) is 6.08 Å². The molecule has 9 atom stereocenters. The van der Waals surface area contributed by atoms with Crippen LogP contribution in [0.25, 0.3) is 0 Å². The minimum atomic E-state index is -1.63. The van der Waals surface area contributed by atoms with E-state index in [0.717, 1.165) is 38.5 Å². The van der Waals surface area contributed by atoms with Crippen LogP contribution in [0.1, 0.15) is 175 Å². The van der Waals surface area contributed by atoms with Crippen molar-refractivity contribution in [3.05, 3.63) is 12.2 Å². The van der Waals surface area contributed by atoms with Gasteiger partial charge in [-0.2, -0.15) is 0 Å². The Labute approximate surface area is 315 Å². The van der Waals surface area contributed by atoms with Crippen molar-refractivity contribution in [2.24, 2.45) is 0 Å². The van der Waals surface area contributed by atoms with E-state index < -0.39 is 67.1 Å². The first-order valence-electron chi connectivity index (χ1n) is 20.9. The second-order valence-corrected chi connectivity index (χ2v) is 15.5. The molecule has 0 bridgehead atoms. The molecule has 1 heterocycles. The Morgan fingerprint density at radius 1 is 0.750 bits per heavy atom. The third kappa shape index (κ3) is 22.3. The van der Waals surface area contributed by atoms with E-state index in [9.17, 15) is 40.5 Å². The van der Waals surface area contributed by atoms with Crippen molar-refractivity contribution >= 4 is 5.91 Å². The summed E-state index contributed by atoms with van der Waals surface area (Å²) < 4.78 is 11.1. The van der Waals surface area contributed by atoms with Gasteiger partial charge in [0, 0.05) is 0 Å². The molecule has 1 aliphatic heterocycles. The zero-order chi connectivity index (χ0) is 38.6. The average Bonchev–Trinajstić information content (AvgIpc) is 3.12. The number of carbonyl (C=O) groups is 1. The molecule has 1 rings (SSSR count). The third-order valence-corrected chi connectivity index (χ3v) is 10.4. The zero-order valence-corrected chi connectivity index (χ0v) is 33.0. The molecule has 0 aromatic rings. The van der Waals surface area contributed by atoms with Crippen LogP contribution in [0.5, 0.6) is 0 Å². The highest BCUT2D eigenvalue weighted by Crippen LogP contribution is 2.24. The Hall–Kier alpha value is -1.15. The minimum absolute atomic E-state index is 0.286. The summed E-state index contributed by atoms with van der Waals surface area (Å²) in [5.41, 5.74) is -0.755. The number of carbonyl (C=O) groups excluding carboxylic acids is 1. The van der Waals surface area contributed by atoms with Gasteiger partial charge in [-0.25, -0.2) is 0 Å². The van der Waals surface area contributed by atoms with E-state index in [1.165, 1.54) is 89.5 Å². The number of rotatable bonds is 33. The van der Waals surface area contributed by atoms with Gasteiger partial charge in [0.05, 0.1) is 31.0 Å². The molecular formula is C41H79NO10. The summed E-state index contributed by atoms with van der Waals surface area (Å²) in [6.07, 6.45) is 18.8. The molecule has 0 aromatic heterocycles. The van der Waals surface area contributed by atoms with Gasteiger partial charge >= 0.3 is 0 Å². The highest BCUT2D eigenvalue weighted by atomic mass is 16.7. The molecule has 1 saturated heterocycles. The molecule has 0 saturated carbocycles.